The molecule has 0 saturated carbocycles. The minimum atomic E-state index is -0.469. The fourth-order valence-electron chi connectivity index (χ4n) is 2.19. The third kappa shape index (κ3) is 11.9. The van der Waals surface area contributed by atoms with Crippen LogP contribution in [0, 0.1) is 18.2 Å². The molecule has 0 radical (unpaired) electrons. The molecule has 3 rings (SSSR count). The lowest BCUT2D eigenvalue weighted by Crippen LogP contribution is -2.07. The summed E-state index contributed by atoms with van der Waals surface area (Å²) in [6.45, 7) is 8.78. The average molecular weight is 534 g/mol. The normalized spacial score (nSPS) is 9.08. The largest absolute Gasteiger partial charge is 0.461 e. The standard InChI is InChI=1S/C12H11FN2O2S.C7H4FNS.C5H8NO2/c1-2-17-12(16)10-11(18-7-14-10)15-9-5-3-8(13)4-6-9;8-6-1-3-7(4-2-6)9-5-10;1-3-8-5(7)4-6-2/h3-7,15H,2H2,1H3;1-4H;2H,3-4H2,1H3/q;;+1. The van der Waals surface area contributed by atoms with E-state index in [4.69, 9.17) is 4.74 Å². The Balaban J connectivity index is 0.000000304. The second-order valence-corrected chi connectivity index (χ2v) is 7.25. The van der Waals surface area contributed by atoms with Gasteiger partial charge in [0.2, 0.25) is 0 Å². The first-order valence-corrected chi connectivity index (χ1v) is 11.6. The molecule has 188 valence electrons. The summed E-state index contributed by atoms with van der Waals surface area (Å²) in [5, 5.41) is 5.78. The number of anilines is 2. The van der Waals surface area contributed by atoms with Crippen LogP contribution in [-0.4, -0.2) is 41.8 Å². The smallest absolute Gasteiger partial charge is 0.391 e. The number of nitrogens with zero attached hydrogens (tertiary/aromatic N) is 3. The highest BCUT2D eigenvalue weighted by atomic mass is 32.1. The molecule has 1 N–H and O–H groups in total. The Morgan fingerprint density at radius 3 is 2.19 bits per heavy atom. The van der Waals surface area contributed by atoms with Crippen LogP contribution >= 0.6 is 23.6 Å². The second kappa shape index (κ2) is 17.4. The molecular formula is C24H23F2N4O4S2+. The molecule has 0 unspecified atom stereocenters. The number of aromatic nitrogens is 1. The van der Waals surface area contributed by atoms with Gasteiger partial charge in [-0.2, -0.15) is 4.99 Å². The van der Waals surface area contributed by atoms with Crippen molar-refractivity contribution in [3.05, 3.63) is 76.2 Å². The molecule has 2 aromatic carbocycles. The van der Waals surface area contributed by atoms with Crippen LogP contribution in [0.3, 0.4) is 0 Å². The molecule has 0 aliphatic rings. The first-order chi connectivity index (χ1) is 17.3. The summed E-state index contributed by atoms with van der Waals surface area (Å²) in [6, 6.07) is 11.6. The van der Waals surface area contributed by atoms with Crippen molar-refractivity contribution in [1.29, 1.82) is 0 Å². The predicted molar refractivity (Wildman–Crippen MR) is 139 cm³/mol. The van der Waals surface area contributed by atoms with Crippen LogP contribution in [0.15, 0.2) is 59.0 Å². The van der Waals surface area contributed by atoms with E-state index in [0.717, 1.165) is 0 Å². The average Bonchev–Trinajstić information content (AvgIpc) is 3.32. The third-order valence-corrected chi connectivity index (χ3v) is 4.50. The number of carbonyl (C=O) groups is 2. The van der Waals surface area contributed by atoms with Crippen molar-refractivity contribution in [2.45, 2.75) is 13.8 Å². The maximum atomic E-state index is 12.8. The van der Waals surface area contributed by atoms with E-state index in [1.165, 1.54) is 47.7 Å². The molecule has 1 aromatic heterocycles. The molecule has 0 spiro atoms. The van der Waals surface area contributed by atoms with E-state index >= 15 is 0 Å². The van der Waals surface area contributed by atoms with Gasteiger partial charge in [0, 0.05) is 5.69 Å². The molecule has 0 aliphatic carbocycles. The van der Waals surface area contributed by atoms with E-state index in [-0.39, 0.29) is 29.8 Å². The molecular weight excluding hydrogens is 510 g/mol. The van der Waals surface area contributed by atoms with Gasteiger partial charge in [-0.05, 0) is 74.6 Å². The molecule has 36 heavy (non-hydrogen) atoms. The number of hydrogen-bond donors (Lipinski definition) is 1. The lowest BCUT2D eigenvalue weighted by Gasteiger charge is -2.05. The highest BCUT2D eigenvalue weighted by Gasteiger charge is 2.16. The topological polar surface area (TPSA) is 94.2 Å². The Bertz CT molecular complexity index is 1190. The number of aliphatic imine (C=N–C) groups is 1. The van der Waals surface area contributed by atoms with E-state index in [1.54, 1.807) is 31.5 Å². The van der Waals surface area contributed by atoms with Gasteiger partial charge < -0.3 is 14.8 Å². The zero-order valence-electron chi connectivity index (χ0n) is 19.4. The van der Waals surface area contributed by atoms with Crippen molar-refractivity contribution >= 4 is 57.0 Å². The number of hydrogen-bond acceptors (Lipinski definition) is 9. The summed E-state index contributed by atoms with van der Waals surface area (Å²) in [4.78, 5) is 32.5. The summed E-state index contributed by atoms with van der Waals surface area (Å²) in [6.07, 6.45) is 0. The van der Waals surface area contributed by atoms with Crippen LogP contribution < -0.4 is 5.32 Å². The number of ether oxygens (including phenoxy) is 2. The number of esters is 2. The van der Waals surface area contributed by atoms with Crippen LogP contribution in [0.2, 0.25) is 0 Å². The molecule has 0 bridgehead atoms. The van der Waals surface area contributed by atoms with Gasteiger partial charge in [-0.15, -0.1) is 11.3 Å². The first-order valence-electron chi connectivity index (χ1n) is 10.3. The lowest BCUT2D eigenvalue weighted by atomic mass is 10.3. The lowest BCUT2D eigenvalue weighted by molar-refractivity contribution is -0.140. The molecule has 0 saturated heterocycles. The van der Waals surface area contributed by atoms with Gasteiger partial charge in [0.05, 0.1) is 29.6 Å². The number of benzene rings is 2. The number of thiazole rings is 1. The van der Waals surface area contributed by atoms with Crippen molar-refractivity contribution in [1.82, 2.24) is 4.98 Å². The van der Waals surface area contributed by atoms with Crippen molar-refractivity contribution in [2.75, 3.05) is 25.1 Å². The van der Waals surface area contributed by atoms with Crippen LogP contribution in [-0.2, 0) is 14.3 Å². The number of carbonyl (C=O) groups excluding carboxylic acids is 2. The second-order valence-electron chi connectivity index (χ2n) is 6.21. The van der Waals surface area contributed by atoms with Gasteiger partial charge in [0.25, 0.3) is 6.57 Å². The zero-order valence-corrected chi connectivity index (χ0v) is 21.1. The molecule has 0 aliphatic heterocycles. The van der Waals surface area contributed by atoms with Crippen molar-refractivity contribution in [2.24, 2.45) is 4.99 Å². The SMILES string of the molecule is C#[N+]CC(=O)OCC.CCOC(=O)c1ncsc1Nc1ccc(F)cc1.Fc1ccc(N=C=S)cc1. The number of thiocarbonyl (C=S) groups is 1. The van der Waals surface area contributed by atoms with Crippen LogP contribution in [0.4, 0.5) is 25.2 Å². The third-order valence-electron chi connectivity index (χ3n) is 3.67. The molecule has 0 atom stereocenters. The Kier molecular flexibility index (Phi) is 14.5. The highest BCUT2D eigenvalue weighted by Crippen LogP contribution is 2.25. The quantitative estimate of drug-likeness (QED) is 0.217. The van der Waals surface area contributed by atoms with Gasteiger partial charge >= 0.3 is 18.5 Å². The molecule has 8 nitrogen and oxygen atoms in total. The van der Waals surface area contributed by atoms with E-state index < -0.39 is 5.97 Å². The van der Waals surface area contributed by atoms with E-state index in [2.05, 4.69) is 48.8 Å². The molecule has 3 aromatic rings. The fraction of sp³-hybridized carbons (Fsp3) is 0.208. The molecule has 12 heteroatoms. The van der Waals surface area contributed by atoms with E-state index in [1.807, 2.05) is 0 Å². The van der Waals surface area contributed by atoms with Crippen LogP contribution in [0.1, 0.15) is 24.3 Å². The number of nitrogens with one attached hydrogen (secondary N) is 1. The maximum absolute atomic E-state index is 12.8. The Hall–Kier alpha value is -4.04. The fourth-order valence-corrected chi connectivity index (χ4v) is 2.99. The summed E-state index contributed by atoms with van der Waals surface area (Å²) in [5.74, 6) is -1.43. The number of halogens is 2. The summed E-state index contributed by atoms with van der Waals surface area (Å²) in [5.41, 5.74) is 3.10. The van der Waals surface area contributed by atoms with Gasteiger partial charge in [0.15, 0.2) is 5.69 Å². The highest BCUT2D eigenvalue weighted by molar-refractivity contribution is 7.78. The van der Waals surface area contributed by atoms with Crippen LogP contribution in [0.25, 0.3) is 4.85 Å². The first kappa shape index (κ1) is 30.0. The van der Waals surface area contributed by atoms with Gasteiger partial charge in [-0.3, -0.25) is 0 Å². The Morgan fingerprint density at radius 1 is 1.08 bits per heavy atom. The van der Waals surface area contributed by atoms with Crippen molar-refractivity contribution < 1.29 is 27.8 Å². The molecule has 1 heterocycles. The van der Waals surface area contributed by atoms with Crippen molar-refractivity contribution in [3.8, 4) is 6.57 Å². The van der Waals surface area contributed by atoms with Crippen molar-refractivity contribution in [3.63, 3.8) is 0 Å². The minimum Gasteiger partial charge on any atom is -0.461 e. The maximum Gasteiger partial charge on any atom is 0.391 e. The number of rotatable bonds is 7. The van der Waals surface area contributed by atoms with Gasteiger partial charge in [-0.1, -0.05) is 4.85 Å². The van der Waals surface area contributed by atoms with E-state index in [0.29, 0.717) is 29.6 Å². The molecule has 0 amide bonds. The Morgan fingerprint density at radius 2 is 1.67 bits per heavy atom. The molecule has 0 fully saturated rings. The van der Waals surface area contributed by atoms with E-state index in [9.17, 15) is 18.4 Å². The van der Waals surface area contributed by atoms with Gasteiger partial charge in [-0.25, -0.2) is 23.4 Å². The predicted octanol–water partition coefficient (Wildman–Crippen LogP) is 6.27. The summed E-state index contributed by atoms with van der Waals surface area (Å²) in [7, 11) is 0. The minimum absolute atomic E-state index is 0.0478. The monoisotopic (exact) mass is 533 g/mol. The van der Waals surface area contributed by atoms with Gasteiger partial charge in [0.1, 0.15) is 16.6 Å². The zero-order chi connectivity index (χ0) is 26.8. The Labute approximate surface area is 216 Å². The number of isothiocyanates is 1. The van der Waals surface area contributed by atoms with Crippen LogP contribution in [0.5, 0.6) is 0 Å². The summed E-state index contributed by atoms with van der Waals surface area (Å²) >= 11 is 5.64. The summed E-state index contributed by atoms with van der Waals surface area (Å²) < 4.78 is 34.4.